The van der Waals surface area contributed by atoms with Crippen molar-refractivity contribution in [2.24, 2.45) is 0 Å². The highest BCUT2D eigenvalue weighted by molar-refractivity contribution is 5.96. The molecule has 1 unspecified atom stereocenters. The number of halogens is 1. The van der Waals surface area contributed by atoms with Gasteiger partial charge in [0.1, 0.15) is 11.9 Å². The monoisotopic (exact) mass is 270 g/mol. The van der Waals surface area contributed by atoms with Crippen LogP contribution >= 0.6 is 0 Å². The van der Waals surface area contributed by atoms with Gasteiger partial charge < -0.3 is 20.5 Å². The Morgan fingerprint density at radius 1 is 1.47 bits per heavy atom. The van der Waals surface area contributed by atoms with Crippen molar-refractivity contribution in [1.29, 1.82) is 0 Å². The molecule has 106 valence electrons. The van der Waals surface area contributed by atoms with Gasteiger partial charge in [0.05, 0.1) is 24.6 Å². The van der Waals surface area contributed by atoms with Crippen molar-refractivity contribution in [1.82, 2.24) is 0 Å². The number of hydrogen-bond donors (Lipinski definition) is 2. The van der Waals surface area contributed by atoms with Gasteiger partial charge in [-0.25, -0.2) is 4.39 Å². The van der Waals surface area contributed by atoms with Gasteiger partial charge in [-0.3, -0.25) is 4.79 Å². The molecule has 1 aromatic rings. The summed E-state index contributed by atoms with van der Waals surface area (Å²) in [5.41, 5.74) is 6.14. The zero-order chi connectivity index (χ0) is 14.3. The van der Waals surface area contributed by atoms with Gasteiger partial charge in [0, 0.05) is 6.61 Å². The van der Waals surface area contributed by atoms with Crippen LogP contribution in [0.4, 0.5) is 15.8 Å². The molecule has 1 atom stereocenters. The van der Waals surface area contributed by atoms with Crippen LogP contribution in [0.25, 0.3) is 0 Å². The first-order valence-electron chi connectivity index (χ1n) is 6.09. The minimum atomic E-state index is -0.634. The normalized spacial score (nSPS) is 12.2. The molecular weight excluding hydrogens is 251 g/mol. The summed E-state index contributed by atoms with van der Waals surface area (Å²) < 4.78 is 23.2. The molecule has 1 aromatic carbocycles. The lowest BCUT2D eigenvalue weighted by atomic mass is 10.2. The molecule has 0 saturated carbocycles. The summed E-state index contributed by atoms with van der Waals surface area (Å²) in [4.78, 5) is 11.8. The number of benzene rings is 1. The predicted octanol–water partition coefficient (Wildman–Crippen LogP) is 1.79. The Balaban J connectivity index is 2.45. The third kappa shape index (κ3) is 5.23. The Kier molecular flexibility index (Phi) is 6.24. The van der Waals surface area contributed by atoms with Gasteiger partial charge in [0.2, 0.25) is 0 Å². The molecule has 0 spiro atoms. The Morgan fingerprint density at radius 2 is 2.21 bits per heavy atom. The first-order chi connectivity index (χ1) is 9.04. The van der Waals surface area contributed by atoms with Gasteiger partial charge >= 0.3 is 0 Å². The van der Waals surface area contributed by atoms with Crippen molar-refractivity contribution in [2.45, 2.75) is 20.0 Å². The van der Waals surface area contributed by atoms with Crippen LogP contribution in [0.2, 0.25) is 0 Å². The van der Waals surface area contributed by atoms with Crippen molar-refractivity contribution in [3.05, 3.63) is 24.0 Å². The standard InChI is InChI=1S/C13H19FN2O3/c1-3-18-6-7-19-9(2)13(17)16-12-5-4-10(14)8-11(12)15/h4-5,8-9H,3,6-7,15H2,1-2H3,(H,16,17). The number of nitrogen functional groups attached to an aromatic ring is 1. The molecule has 0 aliphatic rings. The molecule has 0 bridgehead atoms. The van der Waals surface area contributed by atoms with Crippen LogP contribution < -0.4 is 11.1 Å². The second-order valence-electron chi connectivity index (χ2n) is 3.93. The summed E-state index contributed by atoms with van der Waals surface area (Å²) in [6.45, 7) is 4.89. The van der Waals surface area contributed by atoms with Crippen molar-refractivity contribution >= 4 is 17.3 Å². The highest BCUT2D eigenvalue weighted by atomic mass is 19.1. The molecule has 0 aliphatic carbocycles. The van der Waals surface area contributed by atoms with E-state index in [1.165, 1.54) is 12.1 Å². The largest absolute Gasteiger partial charge is 0.397 e. The first kappa shape index (κ1) is 15.4. The third-order valence-electron chi connectivity index (χ3n) is 2.44. The van der Waals surface area contributed by atoms with E-state index in [1.54, 1.807) is 6.92 Å². The highest BCUT2D eigenvalue weighted by Gasteiger charge is 2.14. The zero-order valence-corrected chi connectivity index (χ0v) is 11.1. The van der Waals surface area contributed by atoms with Crippen LogP contribution in [0.1, 0.15) is 13.8 Å². The topological polar surface area (TPSA) is 73.6 Å². The van der Waals surface area contributed by atoms with Crippen LogP contribution in [0.15, 0.2) is 18.2 Å². The van der Waals surface area contributed by atoms with E-state index in [0.29, 0.717) is 25.5 Å². The smallest absolute Gasteiger partial charge is 0.253 e. The molecule has 1 amide bonds. The van der Waals surface area contributed by atoms with Gasteiger partial charge in [-0.1, -0.05) is 0 Å². The second kappa shape index (κ2) is 7.70. The summed E-state index contributed by atoms with van der Waals surface area (Å²) in [6.07, 6.45) is -0.634. The van der Waals surface area contributed by atoms with Crippen molar-refractivity contribution < 1.29 is 18.7 Å². The molecule has 0 radical (unpaired) electrons. The predicted molar refractivity (Wildman–Crippen MR) is 71.3 cm³/mol. The lowest BCUT2D eigenvalue weighted by Gasteiger charge is -2.14. The van der Waals surface area contributed by atoms with E-state index in [1.807, 2.05) is 6.92 Å². The molecule has 1 rings (SSSR count). The molecule has 19 heavy (non-hydrogen) atoms. The second-order valence-corrected chi connectivity index (χ2v) is 3.93. The molecule has 0 fully saturated rings. The molecule has 0 saturated heterocycles. The zero-order valence-electron chi connectivity index (χ0n) is 11.1. The summed E-state index contributed by atoms with van der Waals surface area (Å²) in [5, 5.41) is 2.58. The molecule has 0 heterocycles. The fourth-order valence-corrected chi connectivity index (χ4v) is 1.39. The summed E-state index contributed by atoms with van der Waals surface area (Å²) in [7, 11) is 0. The maximum absolute atomic E-state index is 12.9. The summed E-state index contributed by atoms with van der Waals surface area (Å²) in [6, 6.07) is 3.79. The maximum atomic E-state index is 12.9. The van der Waals surface area contributed by atoms with Gasteiger partial charge in [-0.05, 0) is 32.0 Å². The lowest BCUT2D eigenvalue weighted by molar-refractivity contribution is -0.127. The molecule has 5 nitrogen and oxygen atoms in total. The number of hydrogen-bond acceptors (Lipinski definition) is 4. The van der Waals surface area contributed by atoms with Crippen LogP contribution in [0.5, 0.6) is 0 Å². The number of ether oxygens (including phenoxy) is 2. The number of carbonyl (C=O) groups is 1. The number of rotatable bonds is 7. The maximum Gasteiger partial charge on any atom is 0.253 e. The average molecular weight is 270 g/mol. The van der Waals surface area contributed by atoms with Crippen molar-refractivity contribution in [2.75, 3.05) is 30.9 Å². The van der Waals surface area contributed by atoms with Crippen LogP contribution in [-0.2, 0) is 14.3 Å². The van der Waals surface area contributed by atoms with E-state index >= 15 is 0 Å². The summed E-state index contributed by atoms with van der Waals surface area (Å²) in [5.74, 6) is -0.786. The highest BCUT2D eigenvalue weighted by Crippen LogP contribution is 2.19. The number of amides is 1. The van der Waals surface area contributed by atoms with E-state index in [0.717, 1.165) is 6.07 Å². The Hall–Kier alpha value is -1.66. The van der Waals surface area contributed by atoms with E-state index in [9.17, 15) is 9.18 Å². The van der Waals surface area contributed by atoms with Crippen LogP contribution in [-0.4, -0.2) is 31.8 Å². The molecule has 0 aromatic heterocycles. The number of nitrogens with two attached hydrogens (primary N) is 1. The number of nitrogens with one attached hydrogen (secondary N) is 1. The number of anilines is 2. The first-order valence-corrected chi connectivity index (χ1v) is 6.09. The fraction of sp³-hybridized carbons (Fsp3) is 0.462. The van der Waals surface area contributed by atoms with Crippen molar-refractivity contribution in [3.8, 4) is 0 Å². The quantitative estimate of drug-likeness (QED) is 0.585. The molecule has 0 aliphatic heterocycles. The average Bonchev–Trinajstić information content (AvgIpc) is 2.37. The Bertz CT molecular complexity index is 426. The number of carbonyl (C=O) groups excluding carboxylic acids is 1. The van der Waals surface area contributed by atoms with E-state index in [2.05, 4.69) is 5.32 Å². The van der Waals surface area contributed by atoms with Crippen LogP contribution in [0, 0.1) is 5.82 Å². The van der Waals surface area contributed by atoms with Gasteiger partial charge in [-0.2, -0.15) is 0 Å². The van der Waals surface area contributed by atoms with Gasteiger partial charge in [0.25, 0.3) is 5.91 Å². The molecular formula is C13H19FN2O3. The van der Waals surface area contributed by atoms with Gasteiger partial charge in [0.15, 0.2) is 0 Å². The van der Waals surface area contributed by atoms with Gasteiger partial charge in [-0.15, -0.1) is 0 Å². The van der Waals surface area contributed by atoms with E-state index in [-0.39, 0.29) is 11.6 Å². The Labute approximate surface area is 111 Å². The third-order valence-corrected chi connectivity index (χ3v) is 2.44. The van der Waals surface area contributed by atoms with E-state index in [4.69, 9.17) is 15.2 Å². The minimum absolute atomic E-state index is 0.176. The summed E-state index contributed by atoms with van der Waals surface area (Å²) >= 11 is 0. The SMILES string of the molecule is CCOCCOC(C)C(=O)Nc1ccc(F)cc1N. The van der Waals surface area contributed by atoms with E-state index < -0.39 is 11.9 Å². The van der Waals surface area contributed by atoms with Crippen LogP contribution in [0.3, 0.4) is 0 Å². The minimum Gasteiger partial charge on any atom is -0.397 e. The molecule has 3 N–H and O–H groups in total. The Morgan fingerprint density at radius 3 is 2.84 bits per heavy atom. The lowest BCUT2D eigenvalue weighted by Crippen LogP contribution is -2.29. The van der Waals surface area contributed by atoms with Crippen molar-refractivity contribution in [3.63, 3.8) is 0 Å². The fourth-order valence-electron chi connectivity index (χ4n) is 1.39. The molecule has 6 heteroatoms.